The molecule has 2 aliphatic heterocycles. The molecule has 5 heteroatoms. The van der Waals surface area contributed by atoms with Crippen LogP contribution in [0, 0.1) is 5.82 Å². The largest absolute Gasteiger partial charge is 0.464 e. The van der Waals surface area contributed by atoms with E-state index in [0.29, 0.717) is 25.2 Å². The van der Waals surface area contributed by atoms with E-state index in [1.54, 1.807) is 12.1 Å². The van der Waals surface area contributed by atoms with Gasteiger partial charge in [-0.1, -0.05) is 25.5 Å². The Balaban J connectivity index is 1.53. The molecule has 27 heavy (non-hydrogen) atoms. The summed E-state index contributed by atoms with van der Waals surface area (Å²) in [6.45, 7) is 6.96. The molecule has 1 aromatic rings. The molecule has 0 amide bonds. The van der Waals surface area contributed by atoms with Gasteiger partial charge in [-0.25, -0.2) is 9.18 Å². The van der Waals surface area contributed by atoms with Crippen molar-refractivity contribution in [2.24, 2.45) is 0 Å². The van der Waals surface area contributed by atoms with E-state index < -0.39 is 5.60 Å². The fourth-order valence-corrected chi connectivity index (χ4v) is 4.56. The highest BCUT2D eigenvalue weighted by Crippen LogP contribution is 2.35. The molecule has 3 rings (SSSR count). The summed E-state index contributed by atoms with van der Waals surface area (Å²) in [5, 5.41) is 0. The summed E-state index contributed by atoms with van der Waals surface area (Å²) in [4.78, 5) is 14.9. The number of carbonyl (C=O) groups excluding carboxylic acids is 1. The number of likely N-dealkylation sites (tertiary alicyclic amines) is 1. The van der Waals surface area contributed by atoms with Crippen LogP contribution in [0.3, 0.4) is 0 Å². The van der Waals surface area contributed by atoms with E-state index in [2.05, 4.69) is 11.8 Å². The number of halogens is 1. The number of hydrogen-bond donors (Lipinski definition) is 0. The van der Waals surface area contributed by atoms with Crippen LogP contribution in [0.5, 0.6) is 0 Å². The lowest BCUT2D eigenvalue weighted by Gasteiger charge is -2.44. The van der Waals surface area contributed by atoms with Crippen LogP contribution >= 0.6 is 0 Å². The molecule has 0 radical (unpaired) electrons. The third-order valence-electron chi connectivity index (χ3n) is 6.12. The van der Waals surface area contributed by atoms with Crippen molar-refractivity contribution >= 4 is 5.97 Å². The molecule has 2 atom stereocenters. The Morgan fingerprint density at radius 3 is 2.48 bits per heavy atom. The van der Waals surface area contributed by atoms with Crippen molar-refractivity contribution in [1.82, 2.24) is 4.90 Å². The normalized spacial score (nSPS) is 27.4. The Hall–Kier alpha value is -1.46. The van der Waals surface area contributed by atoms with E-state index in [0.717, 1.165) is 51.6 Å². The van der Waals surface area contributed by atoms with Gasteiger partial charge in [0, 0.05) is 6.04 Å². The molecule has 4 nitrogen and oxygen atoms in total. The molecule has 1 aromatic carbocycles. The second kappa shape index (κ2) is 9.16. The van der Waals surface area contributed by atoms with Crippen LogP contribution in [-0.2, 0) is 14.3 Å². The Morgan fingerprint density at radius 2 is 1.93 bits per heavy atom. The van der Waals surface area contributed by atoms with Crippen LogP contribution in [0.1, 0.15) is 63.9 Å². The van der Waals surface area contributed by atoms with Gasteiger partial charge in [0.05, 0.1) is 13.2 Å². The fourth-order valence-electron chi connectivity index (χ4n) is 4.56. The van der Waals surface area contributed by atoms with Crippen molar-refractivity contribution in [2.75, 3.05) is 26.3 Å². The molecule has 2 aliphatic rings. The van der Waals surface area contributed by atoms with E-state index in [1.807, 2.05) is 19.1 Å². The van der Waals surface area contributed by atoms with Crippen molar-refractivity contribution in [1.29, 1.82) is 0 Å². The Kier molecular flexibility index (Phi) is 6.88. The van der Waals surface area contributed by atoms with Crippen LogP contribution in [-0.4, -0.2) is 48.8 Å². The van der Waals surface area contributed by atoms with E-state index in [1.165, 1.54) is 5.56 Å². The Morgan fingerprint density at radius 1 is 1.22 bits per heavy atom. The van der Waals surface area contributed by atoms with E-state index >= 15 is 0 Å². The lowest BCUT2D eigenvalue weighted by Crippen LogP contribution is -2.53. The van der Waals surface area contributed by atoms with Crippen LogP contribution in [0.2, 0.25) is 0 Å². The van der Waals surface area contributed by atoms with Crippen molar-refractivity contribution in [3.8, 4) is 0 Å². The van der Waals surface area contributed by atoms with Gasteiger partial charge >= 0.3 is 5.97 Å². The van der Waals surface area contributed by atoms with Gasteiger partial charge in [-0.15, -0.1) is 0 Å². The van der Waals surface area contributed by atoms with Crippen LogP contribution in [0.15, 0.2) is 24.3 Å². The second-order valence-corrected chi connectivity index (χ2v) is 7.83. The standard InChI is InChI=1S/C22H32FNO3/c1-3-12-22(21(25)26-4-2)13-9-20(16-27-22)24-14-10-18(11-15-24)17-5-7-19(23)8-6-17/h5-8,18,20H,3-4,9-16H2,1-2H3. The maximum atomic E-state index is 13.1. The summed E-state index contributed by atoms with van der Waals surface area (Å²) in [5.41, 5.74) is 0.494. The van der Waals surface area contributed by atoms with Gasteiger partial charge in [-0.2, -0.15) is 0 Å². The van der Waals surface area contributed by atoms with E-state index in [9.17, 15) is 9.18 Å². The lowest BCUT2D eigenvalue weighted by molar-refractivity contribution is -0.185. The molecule has 2 heterocycles. The van der Waals surface area contributed by atoms with Crippen LogP contribution in [0.25, 0.3) is 0 Å². The first-order valence-electron chi connectivity index (χ1n) is 10.4. The molecular formula is C22H32FNO3. The minimum absolute atomic E-state index is 0.173. The zero-order valence-electron chi connectivity index (χ0n) is 16.6. The first-order valence-corrected chi connectivity index (χ1v) is 10.4. The monoisotopic (exact) mass is 377 g/mol. The zero-order valence-corrected chi connectivity index (χ0v) is 16.6. The predicted molar refractivity (Wildman–Crippen MR) is 103 cm³/mol. The van der Waals surface area contributed by atoms with Gasteiger partial charge in [0.1, 0.15) is 5.82 Å². The van der Waals surface area contributed by atoms with Gasteiger partial charge in [-0.05, 0) is 75.7 Å². The number of benzene rings is 1. The third kappa shape index (κ3) is 4.69. The molecule has 0 saturated carbocycles. The molecule has 150 valence electrons. The van der Waals surface area contributed by atoms with Crippen LogP contribution in [0.4, 0.5) is 4.39 Å². The average Bonchev–Trinajstić information content (AvgIpc) is 2.70. The van der Waals surface area contributed by atoms with Gasteiger partial charge in [0.15, 0.2) is 5.60 Å². The maximum absolute atomic E-state index is 13.1. The highest BCUT2D eigenvalue weighted by Gasteiger charge is 2.45. The molecule has 0 aliphatic carbocycles. The van der Waals surface area contributed by atoms with E-state index in [4.69, 9.17) is 9.47 Å². The first kappa shape index (κ1) is 20.3. The second-order valence-electron chi connectivity index (χ2n) is 7.83. The molecule has 2 unspecified atom stereocenters. The molecule has 2 saturated heterocycles. The SMILES string of the molecule is CCCC1(C(=O)OCC)CCC(N2CCC(c3ccc(F)cc3)CC2)CO1. The number of nitrogens with zero attached hydrogens (tertiary/aromatic N) is 1. The first-order chi connectivity index (χ1) is 13.1. The summed E-state index contributed by atoms with van der Waals surface area (Å²) in [6.07, 6.45) is 5.51. The predicted octanol–water partition coefficient (Wildman–Crippen LogP) is 4.29. The fraction of sp³-hybridized carbons (Fsp3) is 0.682. The zero-order chi connectivity index (χ0) is 19.3. The minimum atomic E-state index is -0.742. The number of rotatable bonds is 6. The topological polar surface area (TPSA) is 38.8 Å². The number of carbonyl (C=O) groups is 1. The van der Waals surface area contributed by atoms with Crippen molar-refractivity contribution in [3.05, 3.63) is 35.6 Å². The van der Waals surface area contributed by atoms with Crippen molar-refractivity contribution in [3.63, 3.8) is 0 Å². The lowest BCUT2D eigenvalue weighted by atomic mass is 9.85. The molecule has 0 bridgehead atoms. The molecule has 0 N–H and O–H groups in total. The number of piperidine rings is 1. The van der Waals surface area contributed by atoms with Gasteiger partial charge in [0.2, 0.25) is 0 Å². The van der Waals surface area contributed by atoms with E-state index in [-0.39, 0.29) is 11.8 Å². The number of esters is 1. The smallest absolute Gasteiger partial charge is 0.338 e. The van der Waals surface area contributed by atoms with Gasteiger partial charge in [0.25, 0.3) is 0 Å². The third-order valence-corrected chi connectivity index (χ3v) is 6.12. The molecule has 2 fully saturated rings. The van der Waals surface area contributed by atoms with Crippen LogP contribution < -0.4 is 0 Å². The minimum Gasteiger partial charge on any atom is -0.464 e. The molecule has 0 spiro atoms. The highest BCUT2D eigenvalue weighted by atomic mass is 19.1. The maximum Gasteiger partial charge on any atom is 0.338 e. The summed E-state index contributed by atoms with van der Waals surface area (Å²) >= 11 is 0. The quantitative estimate of drug-likeness (QED) is 0.694. The summed E-state index contributed by atoms with van der Waals surface area (Å²) in [6, 6.07) is 7.31. The number of ether oxygens (including phenoxy) is 2. The number of hydrogen-bond acceptors (Lipinski definition) is 4. The highest BCUT2D eigenvalue weighted by molar-refractivity contribution is 5.79. The van der Waals surface area contributed by atoms with Crippen molar-refractivity contribution < 1.29 is 18.7 Å². The Labute approximate surface area is 162 Å². The Bertz CT molecular complexity index is 602. The van der Waals surface area contributed by atoms with Gasteiger partial charge in [-0.3, -0.25) is 4.90 Å². The average molecular weight is 378 g/mol. The summed E-state index contributed by atoms with van der Waals surface area (Å²) in [7, 11) is 0. The molecular weight excluding hydrogens is 345 g/mol. The van der Waals surface area contributed by atoms with Crippen molar-refractivity contribution in [2.45, 2.75) is 69.9 Å². The summed E-state index contributed by atoms with van der Waals surface area (Å²) in [5.74, 6) is 0.137. The molecule has 0 aromatic heterocycles. The summed E-state index contributed by atoms with van der Waals surface area (Å²) < 4.78 is 24.6. The van der Waals surface area contributed by atoms with Gasteiger partial charge < -0.3 is 9.47 Å².